The van der Waals surface area contributed by atoms with Crippen LogP contribution in [0.5, 0.6) is 0 Å². The van der Waals surface area contributed by atoms with E-state index in [-0.39, 0.29) is 10.8 Å². The number of sulfonamides is 1. The summed E-state index contributed by atoms with van der Waals surface area (Å²) in [5, 5.41) is 2.78. The molecule has 0 saturated carbocycles. The number of aromatic nitrogens is 1. The van der Waals surface area contributed by atoms with Crippen molar-refractivity contribution in [2.45, 2.75) is 18.4 Å². The standard InChI is InChI=1S/C20H18FN3O3S/c1-14-3-2-12-22-19(14)13-23-20(25)15-4-8-17(9-5-15)24-28(26,27)18-10-6-16(21)7-11-18/h2-12,24H,13H2,1H3,(H,23,25). The van der Waals surface area contributed by atoms with Gasteiger partial charge in [-0.15, -0.1) is 0 Å². The molecular weight excluding hydrogens is 381 g/mol. The number of nitrogens with zero attached hydrogens (tertiary/aromatic N) is 1. The van der Waals surface area contributed by atoms with Gasteiger partial charge in [-0.3, -0.25) is 14.5 Å². The Morgan fingerprint density at radius 1 is 1.04 bits per heavy atom. The molecule has 0 saturated heterocycles. The molecule has 3 aromatic rings. The Bertz CT molecular complexity index is 1080. The molecule has 144 valence electrons. The molecule has 0 spiro atoms. The van der Waals surface area contributed by atoms with E-state index in [1.165, 1.54) is 36.4 Å². The maximum absolute atomic E-state index is 13.0. The second-order valence-corrected chi connectivity index (χ2v) is 7.77. The van der Waals surface area contributed by atoms with Gasteiger partial charge in [-0.05, 0) is 67.1 Å². The van der Waals surface area contributed by atoms with Crippen LogP contribution in [-0.4, -0.2) is 19.3 Å². The molecule has 2 N–H and O–H groups in total. The summed E-state index contributed by atoms with van der Waals surface area (Å²) < 4.78 is 40.0. The first-order chi connectivity index (χ1) is 13.3. The Labute approximate surface area is 162 Å². The lowest BCUT2D eigenvalue weighted by Crippen LogP contribution is -2.23. The molecule has 0 aliphatic heterocycles. The molecule has 2 aromatic carbocycles. The van der Waals surface area contributed by atoms with Gasteiger partial charge in [0, 0.05) is 17.4 Å². The van der Waals surface area contributed by atoms with Crippen LogP contribution in [0.15, 0.2) is 71.8 Å². The van der Waals surface area contributed by atoms with E-state index in [9.17, 15) is 17.6 Å². The Kier molecular flexibility index (Phi) is 5.70. The first-order valence-corrected chi connectivity index (χ1v) is 9.90. The summed E-state index contributed by atoms with van der Waals surface area (Å²) in [5.74, 6) is -0.812. The Morgan fingerprint density at radius 3 is 2.36 bits per heavy atom. The molecule has 1 heterocycles. The molecule has 0 aliphatic carbocycles. The summed E-state index contributed by atoms with van der Waals surface area (Å²) in [6.07, 6.45) is 1.66. The van der Waals surface area contributed by atoms with Crippen molar-refractivity contribution in [1.29, 1.82) is 0 Å². The highest BCUT2D eigenvalue weighted by molar-refractivity contribution is 7.92. The second kappa shape index (κ2) is 8.18. The smallest absolute Gasteiger partial charge is 0.261 e. The molecule has 3 rings (SSSR count). The summed E-state index contributed by atoms with van der Waals surface area (Å²) in [4.78, 5) is 16.4. The van der Waals surface area contributed by atoms with Gasteiger partial charge >= 0.3 is 0 Å². The number of aryl methyl sites for hydroxylation is 1. The molecule has 0 fully saturated rings. The van der Waals surface area contributed by atoms with Crippen LogP contribution in [0.25, 0.3) is 0 Å². The van der Waals surface area contributed by atoms with Gasteiger partial charge in [0.25, 0.3) is 15.9 Å². The van der Waals surface area contributed by atoms with Gasteiger partial charge in [0.05, 0.1) is 17.1 Å². The lowest BCUT2D eigenvalue weighted by Gasteiger charge is -2.10. The van der Waals surface area contributed by atoms with Crippen molar-refractivity contribution in [3.05, 3.63) is 89.5 Å². The van der Waals surface area contributed by atoms with Gasteiger partial charge in [0.2, 0.25) is 0 Å². The zero-order valence-electron chi connectivity index (χ0n) is 15.0. The minimum atomic E-state index is -3.84. The monoisotopic (exact) mass is 399 g/mol. The van der Waals surface area contributed by atoms with Gasteiger partial charge in [-0.2, -0.15) is 0 Å². The highest BCUT2D eigenvalue weighted by Gasteiger charge is 2.14. The average molecular weight is 399 g/mol. The fourth-order valence-corrected chi connectivity index (χ4v) is 3.55. The molecule has 0 unspecified atom stereocenters. The van der Waals surface area contributed by atoms with Gasteiger partial charge in [-0.1, -0.05) is 6.07 Å². The third-order valence-corrected chi connectivity index (χ3v) is 5.45. The van der Waals surface area contributed by atoms with E-state index in [0.717, 1.165) is 23.4 Å². The predicted octanol–water partition coefficient (Wildman–Crippen LogP) is 3.26. The van der Waals surface area contributed by atoms with E-state index < -0.39 is 15.8 Å². The van der Waals surface area contributed by atoms with Crippen molar-refractivity contribution in [2.24, 2.45) is 0 Å². The highest BCUT2D eigenvalue weighted by Crippen LogP contribution is 2.17. The number of carbonyl (C=O) groups is 1. The highest BCUT2D eigenvalue weighted by atomic mass is 32.2. The number of hydrogen-bond donors (Lipinski definition) is 2. The minimum Gasteiger partial charge on any atom is -0.346 e. The van der Waals surface area contributed by atoms with Crippen LogP contribution in [0, 0.1) is 12.7 Å². The van der Waals surface area contributed by atoms with Crippen molar-refractivity contribution >= 4 is 21.6 Å². The Balaban J connectivity index is 1.65. The number of pyridine rings is 1. The molecule has 28 heavy (non-hydrogen) atoms. The molecule has 6 nitrogen and oxygen atoms in total. The van der Waals surface area contributed by atoms with Gasteiger partial charge < -0.3 is 5.32 Å². The van der Waals surface area contributed by atoms with E-state index in [0.29, 0.717) is 17.8 Å². The molecule has 8 heteroatoms. The summed E-state index contributed by atoms with van der Waals surface area (Å²) in [6, 6.07) is 14.3. The lowest BCUT2D eigenvalue weighted by atomic mass is 10.2. The van der Waals surface area contributed by atoms with Gasteiger partial charge in [0.15, 0.2) is 0 Å². The Hall–Kier alpha value is -3.26. The first kappa shape index (κ1) is 19.5. The van der Waals surface area contributed by atoms with Crippen LogP contribution < -0.4 is 10.0 Å². The fourth-order valence-electron chi connectivity index (χ4n) is 2.49. The van der Waals surface area contributed by atoms with Crippen molar-refractivity contribution < 1.29 is 17.6 Å². The molecule has 1 amide bonds. The van der Waals surface area contributed by atoms with Gasteiger partial charge in [0.1, 0.15) is 5.82 Å². The van der Waals surface area contributed by atoms with E-state index in [1.807, 2.05) is 19.1 Å². The Morgan fingerprint density at radius 2 is 1.71 bits per heavy atom. The SMILES string of the molecule is Cc1cccnc1CNC(=O)c1ccc(NS(=O)(=O)c2ccc(F)cc2)cc1. The summed E-state index contributed by atoms with van der Waals surface area (Å²) >= 11 is 0. The summed E-state index contributed by atoms with van der Waals surface area (Å²) in [5.41, 5.74) is 2.44. The topological polar surface area (TPSA) is 88.2 Å². The second-order valence-electron chi connectivity index (χ2n) is 6.09. The molecule has 0 atom stereocenters. The number of halogens is 1. The number of amides is 1. The lowest BCUT2D eigenvalue weighted by molar-refractivity contribution is 0.0950. The molecule has 0 radical (unpaired) electrons. The predicted molar refractivity (Wildman–Crippen MR) is 104 cm³/mol. The van der Waals surface area contributed by atoms with Crippen LogP contribution in [0.3, 0.4) is 0 Å². The van der Waals surface area contributed by atoms with E-state index in [1.54, 1.807) is 6.20 Å². The third kappa shape index (κ3) is 4.72. The third-order valence-electron chi connectivity index (χ3n) is 4.06. The number of carbonyl (C=O) groups excluding carboxylic acids is 1. The molecule has 0 aliphatic rings. The molecule has 1 aromatic heterocycles. The maximum Gasteiger partial charge on any atom is 0.261 e. The quantitative estimate of drug-likeness (QED) is 0.666. The number of rotatable bonds is 6. The van der Waals surface area contributed by atoms with Crippen molar-refractivity contribution in [1.82, 2.24) is 10.3 Å². The van der Waals surface area contributed by atoms with Crippen LogP contribution in [0.2, 0.25) is 0 Å². The van der Waals surface area contributed by atoms with Crippen LogP contribution in [0.1, 0.15) is 21.6 Å². The average Bonchev–Trinajstić information content (AvgIpc) is 2.68. The summed E-state index contributed by atoms with van der Waals surface area (Å²) in [7, 11) is -3.84. The number of nitrogens with one attached hydrogen (secondary N) is 2. The van der Waals surface area contributed by atoms with E-state index in [4.69, 9.17) is 0 Å². The zero-order valence-corrected chi connectivity index (χ0v) is 15.8. The van der Waals surface area contributed by atoms with E-state index >= 15 is 0 Å². The van der Waals surface area contributed by atoms with Crippen molar-refractivity contribution in [2.75, 3.05) is 4.72 Å². The molecule has 0 bridgehead atoms. The first-order valence-electron chi connectivity index (χ1n) is 8.42. The minimum absolute atomic E-state index is 0.0542. The molecular formula is C20H18FN3O3S. The van der Waals surface area contributed by atoms with Crippen molar-refractivity contribution in [3.63, 3.8) is 0 Å². The number of benzene rings is 2. The fraction of sp³-hybridized carbons (Fsp3) is 0.100. The largest absolute Gasteiger partial charge is 0.346 e. The zero-order chi connectivity index (χ0) is 20.1. The number of anilines is 1. The van der Waals surface area contributed by atoms with Crippen molar-refractivity contribution in [3.8, 4) is 0 Å². The van der Waals surface area contributed by atoms with Gasteiger partial charge in [-0.25, -0.2) is 12.8 Å². The number of hydrogen-bond acceptors (Lipinski definition) is 4. The van der Waals surface area contributed by atoms with E-state index in [2.05, 4.69) is 15.0 Å². The maximum atomic E-state index is 13.0. The van der Waals surface area contributed by atoms with Crippen LogP contribution in [-0.2, 0) is 16.6 Å². The van der Waals surface area contributed by atoms with Crippen LogP contribution in [0.4, 0.5) is 10.1 Å². The van der Waals surface area contributed by atoms with Crippen LogP contribution >= 0.6 is 0 Å². The normalized spacial score (nSPS) is 11.1. The summed E-state index contributed by atoms with van der Waals surface area (Å²) in [6.45, 7) is 2.21.